The normalized spacial score (nSPS) is 13.5. The molecule has 0 atom stereocenters. The number of hydrogen-bond donors (Lipinski definition) is 1. The van der Waals surface area contributed by atoms with Gasteiger partial charge in [-0.05, 0) is 46.5 Å². The fraction of sp³-hybridized carbons (Fsp3) is 0.833. The summed E-state index contributed by atoms with van der Waals surface area (Å²) >= 11 is 0. The summed E-state index contributed by atoms with van der Waals surface area (Å²) < 4.78 is 0. The molecule has 0 amide bonds. The molecule has 0 spiro atoms. The molecule has 1 N–H and O–H groups in total. The van der Waals surface area contributed by atoms with Crippen molar-refractivity contribution in [2.24, 2.45) is 0 Å². The Bertz CT molecular complexity index is 151. The van der Waals surface area contributed by atoms with Crippen LogP contribution in [-0.4, -0.2) is 10.7 Å². The molecule has 0 aliphatic heterocycles. The van der Waals surface area contributed by atoms with Gasteiger partial charge in [-0.2, -0.15) is 0 Å². The van der Waals surface area contributed by atoms with Crippen molar-refractivity contribution in [1.82, 2.24) is 0 Å². The Morgan fingerprint density at radius 2 is 2.00 bits per heavy atom. The van der Waals surface area contributed by atoms with Crippen LogP contribution in [0.3, 0.4) is 0 Å². The van der Waals surface area contributed by atoms with Crippen molar-refractivity contribution in [3.8, 4) is 0 Å². The highest BCUT2D eigenvalue weighted by Gasteiger charge is 2.10. The van der Waals surface area contributed by atoms with Crippen LogP contribution in [0.4, 0.5) is 0 Å². The summed E-state index contributed by atoms with van der Waals surface area (Å²) in [6, 6.07) is 0. The second kappa shape index (κ2) is 6.20. The summed E-state index contributed by atoms with van der Waals surface area (Å²) in [6.45, 7) is 8.12. The van der Waals surface area contributed by atoms with Gasteiger partial charge in [0.1, 0.15) is 0 Å². The average molecular weight is 184 g/mol. The molecule has 0 aliphatic carbocycles. The highest BCUT2D eigenvalue weighted by molar-refractivity contribution is 4.97. The molecular formula is C12H24O. The van der Waals surface area contributed by atoms with Crippen LogP contribution in [0.2, 0.25) is 0 Å². The van der Waals surface area contributed by atoms with Gasteiger partial charge in [0.2, 0.25) is 0 Å². The van der Waals surface area contributed by atoms with E-state index in [4.69, 9.17) is 0 Å². The number of unbranched alkanes of at least 4 members (excludes halogenated alkanes) is 1. The molecule has 0 rings (SSSR count). The van der Waals surface area contributed by atoms with E-state index in [2.05, 4.69) is 19.9 Å². The molecule has 0 aromatic carbocycles. The Morgan fingerprint density at radius 3 is 2.46 bits per heavy atom. The number of rotatable bonds is 6. The van der Waals surface area contributed by atoms with Crippen LogP contribution in [0, 0.1) is 0 Å². The zero-order valence-electron chi connectivity index (χ0n) is 9.56. The van der Waals surface area contributed by atoms with E-state index >= 15 is 0 Å². The Balaban J connectivity index is 3.53. The van der Waals surface area contributed by atoms with E-state index in [1.807, 2.05) is 13.8 Å². The molecule has 0 aromatic heterocycles. The molecule has 1 heteroatoms. The van der Waals surface area contributed by atoms with Gasteiger partial charge in [-0.3, -0.25) is 0 Å². The van der Waals surface area contributed by atoms with Gasteiger partial charge < -0.3 is 5.11 Å². The minimum absolute atomic E-state index is 0.495. The summed E-state index contributed by atoms with van der Waals surface area (Å²) in [5.74, 6) is 0. The lowest BCUT2D eigenvalue weighted by Crippen LogP contribution is -2.17. The van der Waals surface area contributed by atoms with Gasteiger partial charge in [-0.1, -0.05) is 25.0 Å². The topological polar surface area (TPSA) is 20.2 Å². The minimum atomic E-state index is -0.495. The first kappa shape index (κ1) is 12.7. The van der Waals surface area contributed by atoms with Crippen LogP contribution in [0.15, 0.2) is 11.6 Å². The molecule has 78 valence electrons. The van der Waals surface area contributed by atoms with Gasteiger partial charge in [0.25, 0.3) is 0 Å². The standard InChI is InChI=1S/C12H24O/c1-5-6-8-11(2)9-7-10-12(3,4)13/h8,13H,5-7,9-10H2,1-4H3/b11-8+. The third-order valence-corrected chi connectivity index (χ3v) is 2.14. The van der Waals surface area contributed by atoms with Gasteiger partial charge in [0.05, 0.1) is 5.60 Å². The maximum absolute atomic E-state index is 9.49. The molecule has 0 unspecified atom stereocenters. The molecule has 0 saturated heterocycles. The van der Waals surface area contributed by atoms with E-state index < -0.39 is 5.60 Å². The lowest BCUT2D eigenvalue weighted by atomic mass is 9.99. The molecule has 0 fully saturated rings. The monoisotopic (exact) mass is 184 g/mol. The smallest absolute Gasteiger partial charge is 0.0591 e. The second-order valence-corrected chi connectivity index (χ2v) is 4.51. The van der Waals surface area contributed by atoms with E-state index in [1.54, 1.807) is 0 Å². The summed E-state index contributed by atoms with van der Waals surface area (Å²) in [6.07, 6.45) is 7.84. The maximum atomic E-state index is 9.49. The first-order valence-electron chi connectivity index (χ1n) is 5.33. The summed E-state index contributed by atoms with van der Waals surface area (Å²) in [4.78, 5) is 0. The van der Waals surface area contributed by atoms with Gasteiger partial charge in [0, 0.05) is 0 Å². The first-order chi connectivity index (χ1) is 5.95. The summed E-state index contributed by atoms with van der Waals surface area (Å²) in [5.41, 5.74) is 0.969. The Hall–Kier alpha value is -0.300. The molecule has 13 heavy (non-hydrogen) atoms. The molecule has 0 aliphatic rings. The van der Waals surface area contributed by atoms with Crippen LogP contribution >= 0.6 is 0 Å². The molecule has 0 saturated carbocycles. The predicted molar refractivity (Wildman–Crippen MR) is 58.8 cm³/mol. The molecule has 0 bridgehead atoms. The summed E-state index contributed by atoms with van der Waals surface area (Å²) in [5, 5.41) is 9.49. The van der Waals surface area contributed by atoms with Crippen LogP contribution in [-0.2, 0) is 0 Å². The van der Waals surface area contributed by atoms with Crippen molar-refractivity contribution < 1.29 is 5.11 Å². The SMILES string of the molecule is CCC/C=C(\C)CCCC(C)(C)O. The number of hydrogen-bond acceptors (Lipinski definition) is 1. The van der Waals surface area contributed by atoms with Gasteiger partial charge in [-0.25, -0.2) is 0 Å². The van der Waals surface area contributed by atoms with E-state index in [-0.39, 0.29) is 0 Å². The van der Waals surface area contributed by atoms with E-state index in [1.165, 1.54) is 18.4 Å². The largest absolute Gasteiger partial charge is 0.390 e. The minimum Gasteiger partial charge on any atom is -0.390 e. The molecule has 0 radical (unpaired) electrons. The maximum Gasteiger partial charge on any atom is 0.0591 e. The zero-order chi connectivity index (χ0) is 10.3. The van der Waals surface area contributed by atoms with Crippen LogP contribution < -0.4 is 0 Å². The molecule has 1 nitrogen and oxygen atoms in total. The molecular weight excluding hydrogens is 160 g/mol. The van der Waals surface area contributed by atoms with E-state index in [0.29, 0.717) is 0 Å². The van der Waals surface area contributed by atoms with Gasteiger partial charge >= 0.3 is 0 Å². The van der Waals surface area contributed by atoms with E-state index in [9.17, 15) is 5.11 Å². The second-order valence-electron chi connectivity index (χ2n) is 4.51. The van der Waals surface area contributed by atoms with Crippen molar-refractivity contribution in [2.75, 3.05) is 0 Å². The Morgan fingerprint density at radius 1 is 1.38 bits per heavy atom. The predicted octanol–water partition coefficient (Wildman–Crippen LogP) is 3.67. The third-order valence-electron chi connectivity index (χ3n) is 2.14. The number of aliphatic hydroxyl groups is 1. The third kappa shape index (κ3) is 9.62. The van der Waals surface area contributed by atoms with Gasteiger partial charge in [-0.15, -0.1) is 0 Å². The highest BCUT2D eigenvalue weighted by Crippen LogP contribution is 2.15. The van der Waals surface area contributed by atoms with Crippen molar-refractivity contribution >= 4 is 0 Å². The quantitative estimate of drug-likeness (QED) is 0.624. The van der Waals surface area contributed by atoms with Crippen molar-refractivity contribution in [2.45, 2.75) is 65.4 Å². The van der Waals surface area contributed by atoms with Crippen LogP contribution in [0.1, 0.15) is 59.8 Å². The van der Waals surface area contributed by atoms with Crippen molar-refractivity contribution in [3.05, 3.63) is 11.6 Å². The highest BCUT2D eigenvalue weighted by atomic mass is 16.3. The Labute approximate surface area is 82.9 Å². The van der Waals surface area contributed by atoms with Crippen molar-refractivity contribution in [1.29, 1.82) is 0 Å². The van der Waals surface area contributed by atoms with E-state index in [0.717, 1.165) is 19.3 Å². The Kier molecular flexibility index (Phi) is 6.06. The number of allylic oxidation sites excluding steroid dienone is 2. The zero-order valence-corrected chi connectivity index (χ0v) is 9.56. The fourth-order valence-corrected chi connectivity index (χ4v) is 1.29. The average Bonchev–Trinajstić information content (AvgIpc) is 1.98. The van der Waals surface area contributed by atoms with Crippen LogP contribution in [0.25, 0.3) is 0 Å². The lowest BCUT2D eigenvalue weighted by Gasteiger charge is -2.16. The molecule has 0 heterocycles. The van der Waals surface area contributed by atoms with Gasteiger partial charge in [0.15, 0.2) is 0 Å². The first-order valence-corrected chi connectivity index (χ1v) is 5.33. The molecule has 0 aromatic rings. The van der Waals surface area contributed by atoms with Crippen LogP contribution in [0.5, 0.6) is 0 Å². The summed E-state index contributed by atoms with van der Waals surface area (Å²) in [7, 11) is 0. The van der Waals surface area contributed by atoms with Crippen molar-refractivity contribution in [3.63, 3.8) is 0 Å². The fourth-order valence-electron chi connectivity index (χ4n) is 1.29. The lowest BCUT2D eigenvalue weighted by molar-refractivity contribution is 0.0689.